The number of nitrogens with one attached hydrogen (secondary N) is 2. The van der Waals surface area contributed by atoms with Crippen LogP contribution in [0.1, 0.15) is 34.7 Å². The lowest BCUT2D eigenvalue weighted by atomic mass is 10.2. The first-order valence-corrected chi connectivity index (χ1v) is 11.8. The Balaban J connectivity index is 1.68. The van der Waals surface area contributed by atoms with Crippen LogP contribution in [0, 0.1) is 6.92 Å². The highest BCUT2D eigenvalue weighted by Gasteiger charge is 2.21. The number of nitrogens with zero attached hydrogens (tertiary/aromatic N) is 3. The maximum absolute atomic E-state index is 12.7. The molecule has 3 rings (SSSR count). The molecule has 0 fully saturated rings. The Kier molecular flexibility index (Phi) is 8.55. The number of amides is 2. The zero-order chi connectivity index (χ0) is 24.0. The van der Waals surface area contributed by atoms with Crippen LogP contribution in [0.2, 0.25) is 10.0 Å². The van der Waals surface area contributed by atoms with E-state index in [9.17, 15) is 9.59 Å². The van der Waals surface area contributed by atoms with Crippen molar-refractivity contribution in [2.75, 3.05) is 11.1 Å². The quantitative estimate of drug-likeness (QED) is 0.305. The highest BCUT2D eigenvalue weighted by molar-refractivity contribution is 7.99. The molecule has 33 heavy (non-hydrogen) atoms. The van der Waals surface area contributed by atoms with E-state index in [4.69, 9.17) is 23.2 Å². The number of benzene rings is 2. The molecule has 0 spiro atoms. The molecule has 1 aromatic heterocycles. The van der Waals surface area contributed by atoms with Crippen molar-refractivity contribution in [2.45, 2.75) is 31.6 Å². The van der Waals surface area contributed by atoms with Gasteiger partial charge in [-0.25, -0.2) is 0 Å². The summed E-state index contributed by atoms with van der Waals surface area (Å²) in [7, 11) is 0. The van der Waals surface area contributed by atoms with Crippen LogP contribution in [0.5, 0.6) is 0 Å². The van der Waals surface area contributed by atoms with Gasteiger partial charge in [-0.05, 0) is 49.7 Å². The van der Waals surface area contributed by atoms with Gasteiger partial charge in [0, 0.05) is 17.3 Å². The number of thioether (sulfide) groups is 1. The summed E-state index contributed by atoms with van der Waals surface area (Å²) in [5.74, 6) is 0.183. The van der Waals surface area contributed by atoms with Gasteiger partial charge in [0.2, 0.25) is 5.91 Å². The van der Waals surface area contributed by atoms with Crippen molar-refractivity contribution < 1.29 is 9.59 Å². The molecule has 0 aliphatic rings. The van der Waals surface area contributed by atoms with Crippen LogP contribution in [-0.4, -0.2) is 32.3 Å². The summed E-state index contributed by atoms with van der Waals surface area (Å²) < 4.78 is 1.81. The molecule has 2 N–H and O–H groups in total. The third-order valence-corrected chi connectivity index (χ3v) is 6.12. The summed E-state index contributed by atoms with van der Waals surface area (Å²) in [6.07, 6.45) is 1.70. The first-order valence-electron chi connectivity index (χ1n) is 10.1. The van der Waals surface area contributed by atoms with E-state index in [2.05, 4.69) is 27.4 Å². The van der Waals surface area contributed by atoms with E-state index in [0.717, 1.165) is 11.3 Å². The highest BCUT2D eigenvalue weighted by Crippen LogP contribution is 2.24. The van der Waals surface area contributed by atoms with Gasteiger partial charge in [-0.3, -0.25) is 9.59 Å². The number of halogens is 2. The highest BCUT2D eigenvalue weighted by atomic mass is 35.5. The van der Waals surface area contributed by atoms with Crippen LogP contribution in [0.25, 0.3) is 0 Å². The monoisotopic (exact) mass is 503 g/mol. The normalized spacial score (nSPS) is 11.6. The van der Waals surface area contributed by atoms with Gasteiger partial charge in [-0.1, -0.05) is 53.2 Å². The van der Waals surface area contributed by atoms with E-state index in [-0.39, 0.29) is 22.6 Å². The fourth-order valence-corrected chi connectivity index (χ4v) is 4.34. The molecule has 1 heterocycles. The van der Waals surface area contributed by atoms with Crippen LogP contribution >= 0.6 is 35.0 Å². The van der Waals surface area contributed by atoms with E-state index in [1.165, 1.54) is 17.8 Å². The molecule has 172 valence electrons. The number of carbonyl (C=O) groups excluding carboxylic acids is 2. The van der Waals surface area contributed by atoms with Gasteiger partial charge in [0.15, 0.2) is 11.0 Å². The minimum absolute atomic E-state index is 0.154. The molecule has 1 atom stereocenters. The Bertz CT molecular complexity index is 1180. The minimum Gasteiger partial charge on any atom is -0.342 e. The SMILES string of the molecule is C=CCn1c(SCC(=O)Nc2cccc(C)c2)nnc1[C@@H](C)NC(=O)c1ccc(Cl)cc1Cl. The maximum atomic E-state index is 12.7. The Labute approximate surface area is 206 Å². The van der Waals surface area contributed by atoms with Crippen molar-refractivity contribution in [1.82, 2.24) is 20.1 Å². The molecule has 0 radical (unpaired) electrons. The second-order valence-corrected chi connectivity index (χ2v) is 9.05. The number of anilines is 1. The smallest absolute Gasteiger partial charge is 0.253 e. The third-order valence-electron chi connectivity index (χ3n) is 4.60. The van der Waals surface area contributed by atoms with Gasteiger partial charge < -0.3 is 15.2 Å². The fraction of sp³-hybridized carbons (Fsp3) is 0.217. The third kappa shape index (κ3) is 6.60. The van der Waals surface area contributed by atoms with Crippen LogP contribution in [0.4, 0.5) is 5.69 Å². The predicted molar refractivity (Wildman–Crippen MR) is 133 cm³/mol. The lowest BCUT2D eigenvalue weighted by Gasteiger charge is -2.16. The number of aryl methyl sites for hydroxylation is 1. The first kappa shape index (κ1) is 24.8. The maximum Gasteiger partial charge on any atom is 0.253 e. The van der Waals surface area contributed by atoms with Crippen LogP contribution < -0.4 is 10.6 Å². The largest absolute Gasteiger partial charge is 0.342 e. The van der Waals surface area contributed by atoms with Crippen molar-refractivity contribution in [2.24, 2.45) is 0 Å². The predicted octanol–water partition coefficient (Wildman–Crippen LogP) is 5.30. The molecule has 2 aromatic carbocycles. The molecule has 2 amide bonds. The van der Waals surface area contributed by atoms with E-state index in [0.29, 0.717) is 28.1 Å². The Hall–Kier alpha value is -2.81. The van der Waals surface area contributed by atoms with E-state index >= 15 is 0 Å². The number of carbonyl (C=O) groups is 2. The van der Waals surface area contributed by atoms with Gasteiger partial charge in [0.05, 0.1) is 22.4 Å². The molecule has 0 bridgehead atoms. The summed E-state index contributed by atoms with van der Waals surface area (Å²) in [6.45, 7) is 7.96. The van der Waals surface area contributed by atoms with Crippen LogP contribution in [0.15, 0.2) is 60.3 Å². The molecule has 10 heteroatoms. The summed E-state index contributed by atoms with van der Waals surface area (Å²) in [4.78, 5) is 25.1. The molecule has 0 aliphatic heterocycles. The van der Waals surface area contributed by atoms with Crippen molar-refractivity contribution in [3.63, 3.8) is 0 Å². The molecule has 0 unspecified atom stereocenters. The number of allylic oxidation sites excluding steroid dienone is 1. The van der Waals surface area contributed by atoms with E-state index < -0.39 is 6.04 Å². The Morgan fingerprint density at radius 2 is 2.00 bits per heavy atom. The van der Waals surface area contributed by atoms with Crippen LogP contribution in [-0.2, 0) is 11.3 Å². The summed E-state index contributed by atoms with van der Waals surface area (Å²) in [6, 6.07) is 11.8. The summed E-state index contributed by atoms with van der Waals surface area (Å²) in [5.41, 5.74) is 2.11. The second kappa shape index (κ2) is 11.4. The molecule has 0 saturated heterocycles. The number of aromatic nitrogens is 3. The number of hydrogen-bond donors (Lipinski definition) is 2. The molecular formula is C23H23Cl2N5O2S. The van der Waals surface area contributed by atoms with Crippen molar-refractivity contribution in [3.8, 4) is 0 Å². The fourth-order valence-electron chi connectivity index (χ4n) is 3.09. The summed E-state index contributed by atoms with van der Waals surface area (Å²) in [5, 5.41) is 15.5. The van der Waals surface area contributed by atoms with Crippen molar-refractivity contribution in [1.29, 1.82) is 0 Å². The lowest BCUT2D eigenvalue weighted by molar-refractivity contribution is -0.113. The zero-order valence-electron chi connectivity index (χ0n) is 18.1. The average molecular weight is 504 g/mol. The van der Waals surface area contributed by atoms with Gasteiger partial charge in [-0.15, -0.1) is 16.8 Å². The Morgan fingerprint density at radius 1 is 1.21 bits per heavy atom. The first-order chi connectivity index (χ1) is 15.8. The van der Waals surface area contributed by atoms with Gasteiger partial charge in [0.25, 0.3) is 5.91 Å². The lowest BCUT2D eigenvalue weighted by Crippen LogP contribution is -2.29. The zero-order valence-corrected chi connectivity index (χ0v) is 20.5. The molecule has 0 aliphatic carbocycles. The second-order valence-electron chi connectivity index (χ2n) is 7.27. The van der Waals surface area contributed by atoms with Crippen molar-refractivity contribution >= 4 is 52.5 Å². The van der Waals surface area contributed by atoms with E-state index in [1.807, 2.05) is 35.8 Å². The van der Waals surface area contributed by atoms with Gasteiger partial charge in [0.1, 0.15) is 0 Å². The molecule has 7 nitrogen and oxygen atoms in total. The standard InChI is InChI=1S/C23H23Cl2N5O2S/c1-4-10-30-21(15(3)26-22(32)18-9-8-16(24)12-19(18)25)28-29-23(30)33-13-20(31)27-17-7-5-6-14(2)11-17/h4-9,11-12,15H,1,10,13H2,2-3H3,(H,26,32)(H,27,31)/t15-/m1/s1. The molecular weight excluding hydrogens is 481 g/mol. The van der Waals surface area contributed by atoms with Gasteiger partial charge in [-0.2, -0.15) is 0 Å². The van der Waals surface area contributed by atoms with E-state index in [1.54, 1.807) is 25.1 Å². The van der Waals surface area contributed by atoms with Gasteiger partial charge >= 0.3 is 0 Å². The Morgan fingerprint density at radius 3 is 2.70 bits per heavy atom. The van der Waals surface area contributed by atoms with Crippen LogP contribution in [0.3, 0.4) is 0 Å². The average Bonchev–Trinajstić information content (AvgIpc) is 3.15. The summed E-state index contributed by atoms with van der Waals surface area (Å²) >= 11 is 13.3. The minimum atomic E-state index is -0.466. The van der Waals surface area contributed by atoms with Crippen molar-refractivity contribution in [3.05, 3.63) is 82.1 Å². The molecule has 0 saturated carbocycles. The molecule has 3 aromatic rings. The number of rotatable bonds is 9. The topological polar surface area (TPSA) is 88.9 Å². The number of hydrogen-bond acceptors (Lipinski definition) is 5.